The Morgan fingerprint density at radius 3 is 1.91 bits per heavy atom. The normalized spacial score (nSPS) is 15.4. The van der Waals surface area contributed by atoms with E-state index in [1.807, 2.05) is 41.4 Å². The monoisotopic (exact) mass is 419 g/mol. The van der Waals surface area contributed by atoms with Gasteiger partial charge in [-0.3, -0.25) is 15.1 Å². The zero-order chi connectivity index (χ0) is 21.9. The lowest BCUT2D eigenvalue weighted by molar-refractivity contribution is -0.384. The molecule has 4 aromatic carbocycles. The maximum absolute atomic E-state index is 11.1. The molecular formula is C27H21N3O2. The van der Waals surface area contributed by atoms with Crippen LogP contribution in [-0.2, 0) is 0 Å². The Kier molecular flexibility index (Phi) is 5.22. The first-order chi connectivity index (χ1) is 15.7. The first kappa shape index (κ1) is 19.7. The van der Waals surface area contributed by atoms with Gasteiger partial charge in [-0.15, -0.1) is 0 Å². The third-order valence-electron chi connectivity index (χ3n) is 5.75. The summed E-state index contributed by atoms with van der Waals surface area (Å²) in [5, 5.41) is 18.0. The van der Waals surface area contributed by atoms with E-state index in [4.69, 9.17) is 5.10 Å². The fourth-order valence-electron chi connectivity index (χ4n) is 4.07. The van der Waals surface area contributed by atoms with E-state index in [2.05, 4.69) is 48.5 Å². The van der Waals surface area contributed by atoms with Gasteiger partial charge in [-0.25, -0.2) is 0 Å². The average molecular weight is 419 g/mol. The molecule has 1 atom stereocenters. The lowest BCUT2D eigenvalue weighted by Gasteiger charge is -2.23. The quantitative estimate of drug-likeness (QED) is 0.270. The topological polar surface area (TPSA) is 58.7 Å². The highest BCUT2D eigenvalue weighted by molar-refractivity contribution is 6.03. The van der Waals surface area contributed by atoms with Crippen molar-refractivity contribution in [3.63, 3.8) is 0 Å². The minimum absolute atomic E-state index is 0.0291. The Labute approximate surface area is 186 Å². The molecule has 0 bridgehead atoms. The zero-order valence-corrected chi connectivity index (χ0v) is 17.3. The standard InChI is InChI=1S/C27H21N3O2/c31-30(32)25-17-15-24(16-18-25)29-27(23-9-5-2-6-10-23)19-26(28-29)22-13-11-21(12-14-22)20-7-3-1-4-8-20/h1-18,27H,19H2/t27-/m0/s1. The second kappa shape index (κ2) is 8.47. The van der Waals surface area contributed by atoms with Crippen LogP contribution in [-0.4, -0.2) is 10.6 Å². The third kappa shape index (κ3) is 3.88. The molecule has 0 radical (unpaired) electrons. The maximum atomic E-state index is 11.1. The molecule has 0 unspecified atom stereocenters. The maximum Gasteiger partial charge on any atom is 0.269 e. The molecule has 0 aliphatic carbocycles. The van der Waals surface area contributed by atoms with Crippen molar-refractivity contribution >= 4 is 17.1 Å². The number of nitro groups is 1. The lowest BCUT2D eigenvalue weighted by atomic mass is 9.96. The third-order valence-corrected chi connectivity index (χ3v) is 5.75. The van der Waals surface area contributed by atoms with Crippen LogP contribution in [0.1, 0.15) is 23.6 Å². The van der Waals surface area contributed by atoms with Crippen LogP contribution in [0.3, 0.4) is 0 Å². The Morgan fingerprint density at radius 2 is 1.28 bits per heavy atom. The van der Waals surface area contributed by atoms with Gasteiger partial charge in [0, 0.05) is 18.6 Å². The number of benzene rings is 4. The number of anilines is 1. The highest BCUT2D eigenvalue weighted by Gasteiger charge is 2.30. The molecule has 1 aliphatic heterocycles. The second-order valence-electron chi connectivity index (χ2n) is 7.74. The summed E-state index contributed by atoms with van der Waals surface area (Å²) in [5.74, 6) is 0. The smallest absolute Gasteiger partial charge is 0.258 e. The van der Waals surface area contributed by atoms with Crippen LogP contribution in [0.5, 0.6) is 0 Å². The van der Waals surface area contributed by atoms with Crippen LogP contribution < -0.4 is 5.01 Å². The summed E-state index contributed by atoms with van der Waals surface area (Å²) in [6.07, 6.45) is 0.756. The van der Waals surface area contributed by atoms with E-state index in [0.717, 1.165) is 28.9 Å². The fourth-order valence-corrected chi connectivity index (χ4v) is 4.07. The molecule has 0 saturated carbocycles. The largest absolute Gasteiger partial charge is 0.269 e. The van der Waals surface area contributed by atoms with Crippen molar-refractivity contribution in [2.45, 2.75) is 12.5 Å². The van der Waals surface area contributed by atoms with E-state index >= 15 is 0 Å². The predicted molar refractivity (Wildman–Crippen MR) is 128 cm³/mol. The van der Waals surface area contributed by atoms with E-state index in [-0.39, 0.29) is 16.7 Å². The molecule has 0 N–H and O–H groups in total. The van der Waals surface area contributed by atoms with Gasteiger partial charge in [0.1, 0.15) is 0 Å². The van der Waals surface area contributed by atoms with Gasteiger partial charge >= 0.3 is 0 Å². The van der Waals surface area contributed by atoms with Gasteiger partial charge < -0.3 is 0 Å². The van der Waals surface area contributed by atoms with Crippen LogP contribution in [0.25, 0.3) is 11.1 Å². The van der Waals surface area contributed by atoms with Gasteiger partial charge in [0.05, 0.1) is 22.4 Å². The molecule has 0 fully saturated rings. The molecule has 0 spiro atoms. The summed E-state index contributed by atoms with van der Waals surface area (Å²) in [7, 11) is 0. The SMILES string of the molecule is O=[N+]([O-])c1ccc(N2N=C(c3ccc(-c4ccccc4)cc3)C[C@H]2c2ccccc2)cc1. The Hall–Kier alpha value is -4.25. The predicted octanol–water partition coefficient (Wildman–Crippen LogP) is 6.62. The average Bonchev–Trinajstić information content (AvgIpc) is 3.31. The Bertz CT molecular complexity index is 1250. The van der Waals surface area contributed by atoms with Gasteiger partial charge in [0.15, 0.2) is 0 Å². The van der Waals surface area contributed by atoms with Crippen molar-refractivity contribution in [2.75, 3.05) is 5.01 Å². The minimum Gasteiger partial charge on any atom is -0.258 e. The lowest BCUT2D eigenvalue weighted by Crippen LogP contribution is -2.18. The molecule has 32 heavy (non-hydrogen) atoms. The number of nitro benzene ring substituents is 1. The summed E-state index contributed by atoms with van der Waals surface area (Å²) in [6.45, 7) is 0. The number of hydrazone groups is 1. The minimum atomic E-state index is -0.384. The fraction of sp³-hybridized carbons (Fsp3) is 0.0741. The highest BCUT2D eigenvalue weighted by atomic mass is 16.6. The van der Waals surface area contributed by atoms with Crippen molar-refractivity contribution in [1.29, 1.82) is 0 Å². The molecule has 0 aromatic heterocycles. The molecular weight excluding hydrogens is 398 g/mol. The Balaban J connectivity index is 1.48. The summed E-state index contributed by atoms with van der Waals surface area (Å²) in [4.78, 5) is 10.7. The molecule has 1 aliphatic rings. The number of rotatable bonds is 5. The van der Waals surface area contributed by atoms with Crippen LogP contribution in [0.4, 0.5) is 11.4 Å². The molecule has 1 heterocycles. The van der Waals surface area contributed by atoms with Gasteiger partial charge in [-0.2, -0.15) is 5.10 Å². The highest BCUT2D eigenvalue weighted by Crippen LogP contribution is 2.37. The number of hydrogen-bond acceptors (Lipinski definition) is 4. The van der Waals surface area contributed by atoms with E-state index in [0.29, 0.717) is 0 Å². The summed E-state index contributed by atoms with van der Waals surface area (Å²) in [5.41, 5.74) is 6.49. The molecule has 5 rings (SSSR count). The van der Waals surface area contributed by atoms with Crippen LogP contribution in [0.2, 0.25) is 0 Å². The summed E-state index contributed by atoms with van der Waals surface area (Å²) >= 11 is 0. The molecule has 156 valence electrons. The summed E-state index contributed by atoms with van der Waals surface area (Å²) < 4.78 is 0. The molecule has 4 aromatic rings. The first-order valence-corrected chi connectivity index (χ1v) is 10.5. The van der Waals surface area contributed by atoms with E-state index < -0.39 is 0 Å². The Morgan fingerprint density at radius 1 is 0.719 bits per heavy atom. The van der Waals surface area contributed by atoms with Crippen molar-refractivity contribution in [3.8, 4) is 11.1 Å². The molecule has 5 heteroatoms. The van der Waals surface area contributed by atoms with E-state index in [1.54, 1.807) is 12.1 Å². The van der Waals surface area contributed by atoms with Crippen LogP contribution in [0.15, 0.2) is 114 Å². The second-order valence-corrected chi connectivity index (χ2v) is 7.74. The summed E-state index contributed by atoms with van der Waals surface area (Å²) in [6, 6.07) is 35.6. The van der Waals surface area contributed by atoms with Crippen molar-refractivity contribution in [2.24, 2.45) is 5.10 Å². The van der Waals surface area contributed by atoms with Crippen molar-refractivity contribution < 1.29 is 4.92 Å². The number of nitrogens with zero attached hydrogens (tertiary/aromatic N) is 3. The number of non-ortho nitro benzene ring substituents is 1. The number of hydrogen-bond donors (Lipinski definition) is 0. The van der Waals surface area contributed by atoms with Crippen molar-refractivity contribution in [3.05, 3.63) is 130 Å². The van der Waals surface area contributed by atoms with Gasteiger partial charge in [-0.1, -0.05) is 84.9 Å². The van der Waals surface area contributed by atoms with Gasteiger partial charge in [0.25, 0.3) is 5.69 Å². The van der Waals surface area contributed by atoms with E-state index in [1.165, 1.54) is 23.3 Å². The van der Waals surface area contributed by atoms with Crippen LogP contribution in [0, 0.1) is 10.1 Å². The molecule has 0 saturated heterocycles. The first-order valence-electron chi connectivity index (χ1n) is 10.5. The molecule has 0 amide bonds. The van der Waals surface area contributed by atoms with Crippen molar-refractivity contribution in [1.82, 2.24) is 0 Å². The van der Waals surface area contributed by atoms with Crippen LogP contribution >= 0.6 is 0 Å². The van der Waals surface area contributed by atoms with Gasteiger partial charge in [-0.05, 0) is 34.4 Å². The zero-order valence-electron chi connectivity index (χ0n) is 17.3. The molecule has 5 nitrogen and oxygen atoms in total. The van der Waals surface area contributed by atoms with E-state index in [9.17, 15) is 10.1 Å². The van der Waals surface area contributed by atoms with Gasteiger partial charge in [0.2, 0.25) is 0 Å².